The Hall–Kier alpha value is -3.03. The summed E-state index contributed by atoms with van der Waals surface area (Å²) < 4.78 is 6.43. The molecular weight excluding hydrogens is 362 g/mol. The van der Waals surface area contributed by atoms with Crippen LogP contribution in [-0.2, 0) is 21.5 Å². The average Bonchev–Trinajstić information content (AvgIpc) is 2.86. The van der Waals surface area contributed by atoms with Crippen molar-refractivity contribution >= 4 is 17.4 Å². The molecule has 0 radical (unpaired) electrons. The van der Waals surface area contributed by atoms with Crippen LogP contribution in [0.25, 0.3) is 0 Å². The van der Waals surface area contributed by atoms with Gasteiger partial charge in [0, 0.05) is 5.56 Å². The zero-order valence-electron chi connectivity index (χ0n) is 17.0. The molecule has 0 bridgehead atoms. The molecule has 28 heavy (non-hydrogen) atoms. The summed E-state index contributed by atoms with van der Waals surface area (Å²) in [6.45, 7) is 10.5. The number of nitro groups is 1. The zero-order chi connectivity index (χ0) is 21.2. The fraction of sp³-hybridized carbons (Fsp3) is 0.450. The molecule has 0 aliphatic rings. The standard InChI is InChI=1S/C20H25N3O5/c1-12-18(23(26)27)13(2)22(21-12)11-17(24)28-14(3)19(25)15-7-9-16(10-8-15)20(4,5)6/h7-10,14H,11H2,1-6H3/t14-/m1/s1. The van der Waals surface area contributed by atoms with Gasteiger partial charge in [-0.3, -0.25) is 24.4 Å². The summed E-state index contributed by atoms with van der Waals surface area (Å²) in [5, 5.41) is 15.0. The van der Waals surface area contributed by atoms with E-state index in [1.54, 1.807) is 12.1 Å². The van der Waals surface area contributed by atoms with E-state index in [1.165, 1.54) is 25.5 Å². The van der Waals surface area contributed by atoms with Crippen LogP contribution in [0.5, 0.6) is 0 Å². The minimum atomic E-state index is -0.972. The first-order chi connectivity index (χ1) is 12.9. The van der Waals surface area contributed by atoms with Gasteiger partial charge in [-0.2, -0.15) is 5.10 Å². The first-order valence-corrected chi connectivity index (χ1v) is 8.94. The topological polar surface area (TPSA) is 104 Å². The minimum absolute atomic E-state index is 0.0258. The van der Waals surface area contributed by atoms with Crippen molar-refractivity contribution in [2.45, 2.75) is 59.6 Å². The lowest BCUT2D eigenvalue weighted by molar-refractivity contribution is -0.386. The molecule has 1 aromatic carbocycles. The third-order valence-corrected chi connectivity index (χ3v) is 4.52. The van der Waals surface area contributed by atoms with Crippen LogP contribution >= 0.6 is 0 Å². The van der Waals surface area contributed by atoms with Gasteiger partial charge >= 0.3 is 11.7 Å². The molecule has 0 spiro atoms. The van der Waals surface area contributed by atoms with E-state index in [2.05, 4.69) is 25.9 Å². The normalized spacial score (nSPS) is 12.5. The van der Waals surface area contributed by atoms with Crippen molar-refractivity contribution in [3.05, 3.63) is 56.9 Å². The second-order valence-electron chi connectivity index (χ2n) is 7.76. The van der Waals surface area contributed by atoms with Gasteiger partial charge in [0.1, 0.15) is 17.9 Å². The fourth-order valence-corrected chi connectivity index (χ4v) is 2.89. The highest BCUT2D eigenvalue weighted by molar-refractivity contribution is 6.00. The first kappa shape index (κ1) is 21.3. The van der Waals surface area contributed by atoms with Crippen molar-refractivity contribution in [3.8, 4) is 0 Å². The summed E-state index contributed by atoms with van der Waals surface area (Å²) >= 11 is 0. The molecule has 0 saturated carbocycles. The highest BCUT2D eigenvalue weighted by Gasteiger charge is 2.25. The third kappa shape index (κ3) is 4.62. The molecule has 2 rings (SSSR count). The monoisotopic (exact) mass is 387 g/mol. The number of aryl methyl sites for hydroxylation is 1. The largest absolute Gasteiger partial charge is 0.453 e. The van der Waals surface area contributed by atoms with Crippen LogP contribution in [0, 0.1) is 24.0 Å². The van der Waals surface area contributed by atoms with Crippen molar-refractivity contribution in [1.29, 1.82) is 0 Å². The van der Waals surface area contributed by atoms with E-state index in [0.29, 0.717) is 5.56 Å². The molecular formula is C20H25N3O5. The molecule has 8 heteroatoms. The van der Waals surface area contributed by atoms with Crippen LogP contribution < -0.4 is 0 Å². The number of nitrogens with zero attached hydrogens (tertiary/aromatic N) is 3. The Kier molecular flexibility index (Phi) is 6.01. The second kappa shape index (κ2) is 7.92. The van der Waals surface area contributed by atoms with E-state index in [0.717, 1.165) is 5.56 Å². The Labute approximate surface area is 163 Å². The predicted molar refractivity (Wildman–Crippen MR) is 103 cm³/mol. The quantitative estimate of drug-likeness (QED) is 0.325. The Balaban J connectivity index is 2.05. The van der Waals surface area contributed by atoms with Gasteiger partial charge in [0.2, 0.25) is 5.78 Å². The number of ether oxygens (including phenoxy) is 1. The number of hydrogen-bond donors (Lipinski definition) is 0. The molecule has 0 amide bonds. The molecule has 0 fully saturated rings. The predicted octanol–water partition coefficient (Wildman–Crippen LogP) is 3.52. The summed E-state index contributed by atoms with van der Waals surface area (Å²) in [6, 6.07) is 7.21. The van der Waals surface area contributed by atoms with E-state index in [9.17, 15) is 19.7 Å². The van der Waals surface area contributed by atoms with Gasteiger partial charge in [0.25, 0.3) is 0 Å². The van der Waals surface area contributed by atoms with Gasteiger partial charge in [-0.25, -0.2) is 0 Å². The van der Waals surface area contributed by atoms with Crippen LogP contribution in [0.1, 0.15) is 55.0 Å². The van der Waals surface area contributed by atoms with Crippen LogP contribution in [0.3, 0.4) is 0 Å². The summed E-state index contributed by atoms with van der Waals surface area (Å²) in [4.78, 5) is 35.2. The van der Waals surface area contributed by atoms with Gasteiger partial charge in [-0.15, -0.1) is 0 Å². The summed E-state index contributed by atoms with van der Waals surface area (Å²) in [6.07, 6.45) is -0.972. The molecule has 0 unspecified atom stereocenters. The van der Waals surface area contributed by atoms with Gasteiger partial charge in [0.15, 0.2) is 6.10 Å². The van der Waals surface area contributed by atoms with Crippen LogP contribution in [0.15, 0.2) is 24.3 Å². The molecule has 1 aromatic heterocycles. The molecule has 8 nitrogen and oxygen atoms in total. The van der Waals surface area contributed by atoms with E-state index in [1.807, 2.05) is 12.1 Å². The number of ketones is 1. The molecule has 0 aliphatic carbocycles. The first-order valence-electron chi connectivity index (χ1n) is 8.94. The number of rotatable bonds is 6. The number of Topliss-reactive ketones (excluding diaryl/α,β-unsaturated/α-hetero) is 1. The van der Waals surface area contributed by atoms with Crippen LogP contribution in [-0.4, -0.2) is 32.6 Å². The van der Waals surface area contributed by atoms with E-state index in [4.69, 9.17) is 4.74 Å². The van der Waals surface area contributed by atoms with E-state index in [-0.39, 0.29) is 34.8 Å². The van der Waals surface area contributed by atoms with Gasteiger partial charge < -0.3 is 4.74 Å². The lowest BCUT2D eigenvalue weighted by Crippen LogP contribution is -2.27. The highest BCUT2D eigenvalue weighted by atomic mass is 16.6. The van der Waals surface area contributed by atoms with Crippen molar-refractivity contribution in [1.82, 2.24) is 9.78 Å². The third-order valence-electron chi connectivity index (χ3n) is 4.52. The maximum atomic E-state index is 12.5. The van der Waals surface area contributed by atoms with E-state index >= 15 is 0 Å². The van der Waals surface area contributed by atoms with Crippen molar-refractivity contribution in [2.24, 2.45) is 0 Å². The Bertz CT molecular complexity index is 907. The summed E-state index contributed by atoms with van der Waals surface area (Å²) in [7, 11) is 0. The summed E-state index contributed by atoms with van der Waals surface area (Å²) in [5.41, 5.74) is 1.88. The van der Waals surface area contributed by atoms with Gasteiger partial charge in [-0.1, -0.05) is 45.0 Å². The Morgan fingerprint density at radius 3 is 2.25 bits per heavy atom. The SMILES string of the molecule is Cc1nn(CC(=O)O[C@H](C)C(=O)c2ccc(C(C)(C)C)cc2)c(C)c1[N+](=O)[O-]. The van der Waals surface area contributed by atoms with Gasteiger partial charge in [-0.05, 0) is 31.7 Å². The fourth-order valence-electron chi connectivity index (χ4n) is 2.89. The number of carbonyl (C=O) groups is 2. The number of esters is 1. The van der Waals surface area contributed by atoms with Crippen LogP contribution in [0.4, 0.5) is 5.69 Å². The number of benzene rings is 1. The Morgan fingerprint density at radius 1 is 1.21 bits per heavy atom. The number of aromatic nitrogens is 2. The maximum Gasteiger partial charge on any atom is 0.328 e. The number of carbonyl (C=O) groups excluding carboxylic acids is 2. The number of hydrogen-bond acceptors (Lipinski definition) is 6. The lowest BCUT2D eigenvalue weighted by Gasteiger charge is -2.19. The second-order valence-corrected chi connectivity index (χ2v) is 7.76. The van der Waals surface area contributed by atoms with Gasteiger partial charge in [0.05, 0.1) is 4.92 Å². The van der Waals surface area contributed by atoms with Crippen molar-refractivity contribution < 1.29 is 19.2 Å². The average molecular weight is 387 g/mol. The molecule has 0 saturated heterocycles. The molecule has 0 aliphatic heterocycles. The van der Waals surface area contributed by atoms with Crippen LogP contribution in [0.2, 0.25) is 0 Å². The maximum absolute atomic E-state index is 12.5. The minimum Gasteiger partial charge on any atom is -0.453 e. The molecule has 0 N–H and O–H groups in total. The smallest absolute Gasteiger partial charge is 0.328 e. The van der Waals surface area contributed by atoms with Crippen molar-refractivity contribution in [2.75, 3.05) is 0 Å². The zero-order valence-corrected chi connectivity index (χ0v) is 17.0. The molecule has 2 aromatic rings. The Morgan fingerprint density at radius 2 is 1.79 bits per heavy atom. The van der Waals surface area contributed by atoms with Crippen molar-refractivity contribution in [3.63, 3.8) is 0 Å². The molecule has 1 atom stereocenters. The molecule has 1 heterocycles. The molecule has 150 valence electrons. The summed E-state index contributed by atoms with van der Waals surface area (Å²) in [5.74, 6) is -0.999. The highest BCUT2D eigenvalue weighted by Crippen LogP contribution is 2.23. The lowest BCUT2D eigenvalue weighted by atomic mass is 9.86. The van der Waals surface area contributed by atoms with E-state index < -0.39 is 17.0 Å².